The first-order chi connectivity index (χ1) is 24.3. The van der Waals surface area contributed by atoms with Gasteiger partial charge in [0, 0.05) is 13.1 Å². The van der Waals surface area contributed by atoms with Crippen LogP contribution in [0.2, 0.25) is 0 Å². The maximum Gasteiger partial charge on any atom is 0.434 e. The molecule has 0 bridgehead atoms. The van der Waals surface area contributed by atoms with Crippen molar-refractivity contribution in [3.8, 4) is 0 Å². The van der Waals surface area contributed by atoms with Crippen LogP contribution in [0.5, 0.6) is 0 Å². The van der Waals surface area contributed by atoms with Crippen LogP contribution in [0.25, 0.3) is 5.53 Å². The minimum absolute atomic E-state index is 0.131. The Hall–Kier alpha value is -5.89. The summed E-state index contributed by atoms with van der Waals surface area (Å²) in [6.45, 7) is 14.5. The largest absolute Gasteiger partial charge is 0.447 e. The first-order valence-electron chi connectivity index (χ1n) is 16.4. The van der Waals surface area contributed by atoms with Gasteiger partial charge in [0.05, 0.1) is 19.1 Å². The number of aliphatic imine (C=N–C) groups is 1. The Labute approximate surface area is 301 Å². The lowest BCUT2D eigenvalue weighted by Crippen LogP contribution is -2.44. The average molecular weight is 721 g/mol. The van der Waals surface area contributed by atoms with Crippen LogP contribution in [0.1, 0.15) is 72.6 Å². The zero-order chi connectivity index (χ0) is 38.9. The van der Waals surface area contributed by atoms with Crippen LogP contribution >= 0.6 is 0 Å². The molecule has 0 radical (unpaired) electrons. The van der Waals surface area contributed by atoms with Gasteiger partial charge >= 0.3 is 36.0 Å². The van der Waals surface area contributed by atoms with E-state index in [1.54, 1.807) is 27.7 Å². The summed E-state index contributed by atoms with van der Waals surface area (Å²) in [4.78, 5) is 80.2. The molecule has 3 aliphatic heterocycles. The number of carbonyl (C=O) groups is 6. The van der Waals surface area contributed by atoms with Crippen LogP contribution in [0, 0.1) is 0 Å². The minimum Gasteiger partial charge on any atom is -0.447 e. The second kappa shape index (κ2) is 16.9. The predicted molar refractivity (Wildman–Crippen MR) is 186 cm³/mol. The van der Waals surface area contributed by atoms with Crippen molar-refractivity contribution in [2.75, 3.05) is 26.3 Å². The summed E-state index contributed by atoms with van der Waals surface area (Å²) in [5.74, 6) is -1.07. The molecule has 16 heteroatoms. The molecule has 0 aromatic heterocycles. The molecular formula is C36H44N6O10. The summed E-state index contributed by atoms with van der Waals surface area (Å²) in [7, 11) is 0. The highest BCUT2D eigenvalue weighted by atomic mass is 16.6. The number of hydrogen-bond acceptors (Lipinski definition) is 10. The van der Waals surface area contributed by atoms with Crippen molar-refractivity contribution in [3.05, 3.63) is 77.3 Å². The lowest BCUT2D eigenvalue weighted by Gasteiger charge is -2.22. The van der Waals surface area contributed by atoms with E-state index >= 15 is 0 Å². The van der Waals surface area contributed by atoms with Crippen LogP contribution in [0.15, 0.2) is 65.7 Å². The Balaban J connectivity index is 0.000000230. The van der Waals surface area contributed by atoms with Crippen LogP contribution in [-0.2, 0) is 28.5 Å². The molecule has 3 saturated heterocycles. The van der Waals surface area contributed by atoms with Crippen molar-refractivity contribution in [1.29, 1.82) is 0 Å². The van der Waals surface area contributed by atoms with E-state index in [1.165, 1.54) is 18.0 Å². The van der Waals surface area contributed by atoms with Gasteiger partial charge in [0.15, 0.2) is 0 Å². The van der Waals surface area contributed by atoms with Crippen molar-refractivity contribution < 1.29 is 52.5 Å². The maximum absolute atomic E-state index is 13.0. The number of ether oxygens (including phenoxy) is 4. The molecule has 0 unspecified atom stereocenters. The van der Waals surface area contributed by atoms with Crippen LogP contribution in [0.4, 0.5) is 19.2 Å². The van der Waals surface area contributed by atoms with Gasteiger partial charge in [-0.25, -0.2) is 29.0 Å². The average Bonchev–Trinajstić information content (AvgIpc) is 3.30. The first kappa shape index (κ1) is 40.5. The summed E-state index contributed by atoms with van der Waals surface area (Å²) >= 11 is 0. The van der Waals surface area contributed by atoms with E-state index < -0.39 is 59.0 Å². The highest BCUT2D eigenvalue weighted by molar-refractivity contribution is 6.37. The molecule has 0 aliphatic carbocycles. The monoisotopic (exact) mass is 720 g/mol. The van der Waals surface area contributed by atoms with E-state index in [1.807, 2.05) is 81.4 Å². The fraction of sp³-hybridized carbons (Fsp3) is 0.444. The quantitative estimate of drug-likeness (QED) is 0.129. The summed E-state index contributed by atoms with van der Waals surface area (Å²) in [5.41, 5.74) is 7.45. The molecule has 0 spiro atoms. The number of rotatable bonds is 4. The van der Waals surface area contributed by atoms with Crippen LogP contribution < -0.4 is 0 Å². The summed E-state index contributed by atoms with van der Waals surface area (Å²) in [6, 6.07) is 18.2. The number of amides is 6. The second-order valence-corrected chi connectivity index (χ2v) is 13.8. The van der Waals surface area contributed by atoms with Crippen molar-refractivity contribution in [2.45, 2.75) is 78.2 Å². The van der Waals surface area contributed by atoms with E-state index in [2.05, 4.69) is 14.5 Å². The smallest absolute Gasteiger partial charge is 0.434 e. The highest BCUT2D eigenvalue weighted by Gasteiger charge is 2.70. The van der Waals surface area contributed by atoms with Gasteiger partial charge in [-0.2, -0.15) is 9.78 Å². The van der Waals surface area contributed by atoms with Gasteiger partial charge < -0.3 is 24.5 Å². The lowest BCUT2D eigenvalue weighted by molar-refractivity contribution is -0.131. The molecule has 3 heterocycles. The van der Waals surface area contributed by atoms with E-state index in [0.29, 0.717) is 0 Å². The number of imide groups is 2. The molecule has 6 amide bonds. The first-order valence-corrected chi connectivity index (χ1v) is 16.4. The van der Waals surface area contributed by atoms with Crippen molar-refractivity contribution in [3.63, 3.8) is 0 Å². The lowest BCUT2D eigenvalue weighted by atomic mass is 10.00. The Morgan fingerprint density at radius 3 is 1.81 bits per heavy atom. The Kier molecular flexibility index (Phi) is 13.2. The Bertz CT molecular complexity index is 1730. The van der Waals surface area contributed by atoms with Crippen LogP contribution in [-0.4, -0.2) is 111 Å². The molecule has 0 N–H and O–H groups in total. The number of hydrogen-bond donors (Lipinski definition) is 0. The molecule has 5 rings (SSSR count). The molecule has 52 heavy (non-hydrogen) atoms. The van der Waals surface area contributed by atoms with Crippen molar-refractivity contribution >= 4 is 48.1 Å². The molecule has 16 nitrogen and oxygen atoms in total. The SMILES string of the molecule is CC(=[N+]=[N-])C(=O)N1CCOC1=O.CC(C)(C)OC(=O)N1[C@H](c2ccccc2)[C@@]1(C)C(=O)N1CCOC1=O.CC(C)(C)OC(=O)N=Cc1ccccc1. The van der Waals surface area contributed by atoms with Crippen molar-refractivity contribution in [1.82, 2.24) is 14.7 Å². The van der Waals surface area contributed by atoms with Gasteiger partial charge in [0.25, 0.3) is 5.91 Å². The fourth-order valence-corrected chi connectivity index (χ4v) is 4.95. The maximum atomic E-state index is 13.0. The number of benzene rings is 2. The van der Waals surface area contributed by atoms with Gasteiger partial charge in [-0.1, -0.05) is 60.7 Å². The van der Waals surface area contributed by atoms with E-state index in [-0.39, 0.29) is 32.0 Å². The van der Waals surface area contributed by atoms with Gasteiger partial charge in [0.1, 0.15) is 30.0 Å². The molecule has 2 aromatic rings. The minimum atomic E-state index is -1.17. The third-order valence-electron chi connectivity index (χ3n) is 7.35. The highest BCUT2D eigenvalue weighted by Crippen LogP contribution is 2.55. The second-order valence-electron chi connectivity index (χ2n) is 13.8. The topological polar surface area (TPSA) is 198 Å². The van der Waals surface area contributed by atoms with Crippen LogP contribution in [0.3, 0.4) is 0 Å². The number of carbonyl (C=O) groups excluding carboxylic acids is 6. The van der Waals surface area contributed by atoms with Gasteiger partial charge in [-0.05, 0) is 59.6 Å². The molecule has 2 atom stereocenters. The van der Waals surface area contributed by atoms with Gasteiger partial charge in [-0.15, -0.1) is 0 Å². The fourth-order valence-electron chi connectivity index (χ4n) is 4.95. The zero-order valence-electron chi connectivity index (χ0n) is 30.5. The third kappa shape index (κ3) is 10.8. The summed E-state index contributed by atoms with van der Waals surface area (Å²) in [6.07, 6.45) is -1.01. The molecule has 3 aliphatic rings. The third-order valence-corrected chi connectivity index (χ3v) is 7.35. The Morgan fingerprint density at radius 2 is 1.35 bits per heavy atom. The van der Waals surface area contributed by atoms with E-state index in [4.69, 9.17) is 19.7 Å². The summed E-state index contributed by atoms with van der Waals surface area (Å²) < 4.78 is 19.8. The molecule has 3 fully saturated rings. The van der Waals surface area contributed by atoms with Crippen molar-refractivity contribution in [2.24, 2.45) is 4.99 Å². The molecule has 2 aromatic carbocycles. The normalized spacial score (nSPS) is 19.2. The summed E-state index contributed by atoms with van der Waals surface area (Å²) in [5, 5.41) is 0. The molecule has 278 valence electrons. The molecular weight excluding hydrogens is 676 g/mol. The number of cyclic esters (lactones) is 2. The number of nitrogens with zero attached hydrogens (tertiary/aromatic N) is 6. The Morgan fingerprint density at radius 1 is 0.846 bits per heavy atom. The zero-order valence-corrected chi connectivity index (χ0v) is 30.5. The molecule has 0 saturated carbocycles. The standard InChI is InChI=1S/C18H22N2O5.C12H15NO2.C6H7N3O3/c1-17(2,3)25-16(23)20-13(12-8-6-5-7-9-12)18(20,4)14(21)19-10-11-24-15(19)22;1-12(2,3)15-11(14)13-9-10-7-5-4-6-8-10;1-4(8-7)5(10)9-2-3-12-6(9)11/h5-9,13H,10-11H2,1-4H3;4-9H,1-3H3;2-3H2,1H3/t13-,18+,20?;;/m1../s1. The van der Waals surface area contributed by atoms with E-state index in [0.717, 1.165) is 20.9 Å². The predicted octanol–water partition coefficient (Wildman–Crippen LogP) is 5.41. The van der Waals surface area contributed by atoms with E-state index in [9.17, 15) is 28.8 Å². The van der Waals surface area contributed by atoms with Gasteiger partial charge in [0.2, 0.25) is 0 Å². The van der Waals surface area contributed by atoms with Gasteiger partial charge in [-0.3, -0.25) is 14.5 Å².